The molecule has 6 nitrogen and oxygen atoms in total. The summed E-state index contributed by atoms with van der Waals surface area (Å²) in [5.41, 5.74) is 3.83. The molecule has 1 fully saturated rings. The van der Waals surface area contributed by atoms with Gasteiger partial charge in [0, 0.05) is 6.42 Å². The highest BCUT2D eigenvalue weighted by Crippen LogP contribution is 2.23. The van der Waals surface area contributed by atoms with Gasteiger partial charge in [0.2, 0.25) is 0 Å². The zero-order chi connectivity index (χ0) is 18.0. The fourth-order valence-electron chi connectivity index (χ4n) is 2.87. The van der Waals surface area contributed by atoms with E-state index in [0.29, 0.717) is 6.42 Å². The van der Waals surface area contributed by atoms with Crippen LogP contribution in [0, 0.1) is 6.92 Å². The van der Waals surface area contributed by atoms with E-state index in [1.165, 1.54) is 5.56 Å². The molecule has 0 aliphatic carbocycles. The quantitative estimate of drug-likeness (QED) is 0.865. The van der Waals surface area contributed by atoms with Crippen LogP contribution in [0.25, 0.3) is 11.8 Å². The van der Waals surface area contributed by atoms with Crippen molar-refractivity contribution in [2.45, 2.75) is 51.7 Å². The van der Waals surface area contributed by atoms with Gasteiger partial charge in [0.1, 0.15) is 6.10 Å². The summed E-state index contributed by atoms with van der Waals surface area (Å²) < 4.78 is 7.06. The van der Waals surface area contributed by atoms with E-state index in [4.69, 9.17) is 4.74 Å². The molecule has 0 amide bonds. The van der Waals surface area contributed by atoms with Crippen molar-refractivity contribution in [1.29, 1.82) is 0 Å². The van der Waals surface area contributed by atoms with Gasteiger partial charge in [0.25, 0.3) is 0 Å². The van der Waals surface area contributed by atoms with Crippen molar-refractivity contribution in [1.82, 2.24) is 15.0 Å². The third-order valence-electron chi connectivity index (χ3n) is 4.22. The van der Waals surface area contributed by atoms with E-state index < -0.39 is 12.2 Å². The van der Waals surface area contributed by atoms with E-state index in [9.17, 15) is 9.90 Å². The van der Waals surface area contributed by atoms with Crippen LogP contribution in [-0.4, -0.2) is 38.3 Å². The van der Waals surface area contributed by atoms with Gasteiger partial charge in [-0.05, 0) is 37.1 Å². The van der Waals surface area contributed by atoms with Crippen molar-refractivity contribution in [3.8, 4) is 5.69 Å². The zero-order valence-corrected chi connectivity index (χ0v) is 14.7. The summed E-state index contributed by atoms with van der Waals surface area (Å²) in [6.07, 6.45) is 3.06. The molecular formula is C19H23N3O3. The predicted molar refractivity (Wildman–Crippen MR) is 94.3 cm³/mol. The Labute approximate surface area is 147 Å². The number of aryl methyl sites for hydroxylation is 1. The number of rotatable bonds is 4. The molecule has 1 saturated heterocycles. The Balaban J connectivity index is 1.93. The molecule has 2 atom stereocenters. The number of aromatic nitrogens is 3. The van der Waals surface area contributed by atoms with Crippen molar-refractivity contribution in [2.75, 3.05) is 0 Å². The highest BCUT2D eigenvalue weighted by Gasteiger charge is 2.25. The first-order valence-electron chi connectivity index (χ1n) is 8.52. The molecule has 0 saturated carbocycles. The molecule has 1 aromatic carbocycles. The molecule has 0 radical (unpaired) electrons. The summed E-state index contributed by atoms with van der Waals surface area (Å²) in [5.74, 6) is -0.166. The van der Waals surface area contributed by atoms with E-state index in [0.717, 1.165) is 17.1 Å². The van der Waals surface area contributed by atoms with Gasteiger partial charge in [-0.25, -0.2) is 4.68 Å². The van der Waals surface area contributed by atoms with Crippen LogP contribution in [-0.2, 0) is 9.53 Å². The first kappa shape index (κ1) is 17.4. The van der Waals surface area contributed by atoms with Crippen LogP contribution < -0.4 is 0 Å². The first-order chi connectivity index (χ1) is 11.9. The van der Waals surface area contributed by atoms with Gasteiger partial charge in [0.15, 0.2) is 0 Å². The maximum atomic E-state index is 11.5. The Morgan fingerprint density at radius 3 is 2.68 bits per heavy atom. The average Bonchev–Trinajstić information content (AvgIpc) is 2.97. The Morgan fingerprint density at radius 2 is 2.04 bits per heavy atom. The number of aliphatic hydroxyl groups excluding tert-OH is 1. The summed E-state index contributed by atoms with van der Waals surface area (Å²) in [4.78, 5) is 11.5. The first-order valence-corrected chi connectivity index (χ1v) is 8.52. The van der Waals surface area contributed by atoms with Gasteiger partial charge in [-0.1, -0.05) is 36.8 Å². The van der Waals surface area contributed by atoms with Crippen molar-refractivity contribution in [3.63, 3.8) is 0 Å². The lowest BCUT2D eigenvalue weighted by molar-refractivity contribution is -0.156. The van der Waals surface area contributed by atoms with Crippen LogP contribution in [0.4, 0.5) is 0 Å². The second-order valence-electron chi connectivity index (χ2n) is 6.74. The smallest absolute Gasteiger partial charge is 0.309 e. The highest BCUT2D eigenvalue weighted by molar-refractivity contribution is 5.71. The molecule has 1 aliphatic heterocycles. The number of hydrogen-bond acceptors (Lipinski definition) is 5. The van der Waals surface area contributed by atoms with Crippen LogP contribution in [0.15, 0.2) is 30.3 Å². The van der Waals surface area contributed by atoms with Crippen molar-refractivity contribution >= 4 is 12.0 Å². The lowest BCUT2D eigenvalue weighted by Gasteiger charge is -2.23. The molecular weight excluding hydrogens is 318 g/mol. The third-order valence-corrected chi connectivity index (χ3v) is 4.22. The van der Waals surface area contributed by atoms with Crippen LogP contribution in [0.1, 0.15) is 49.6 Å². The summed E-state index contributed by atoms with van der Waals surface area (Å²) in [7, 11) is 0. The van der Waals surface area contributed by atoms with Gasteiger partial charge in [-0.15, -0.1) is 5.10 Å². The summed E-state index contributed by atoms with van der Waals surface area (Å²) in [6.45, 7) is 6.16. The second-order valence-corrected chi connectivity index (χ2v) is 6.74. The molecule has 1 aromatic heterocycles. The minimum absolute atomic E-state index is 0.0600. The lowest BCUT2D eigenvalue weighted by atomic mass is 10.0. The highest BCUT2D eigenvalue weighted by atomic mass is 16.5. The van der Waals surface area contributed by atoms with Gasteiger partial charge in [-0.2, -0.15) is 0 Å². The second kappa shape index (κ2) is 7.19. The largest absolute Gasteiger partial charge is 0.458 e. The predicted octanol–water partition coefficient (Wildman–Crippen LogP) is 2.78. The topological polar surface area (TPSA) is 77.2 Å². The van der Waals surface area contributed by atoms with Gasteiger partial charge in [0.05, 0.1) is 29.6 Å². The standard InChI is InChI=1S/C19H23N3O3/c1-12(2)19-17(9-8-16-10-15(23)11-18(24)25-16)22(21-20-19)14-6-4-13(3)5-7-14/h4-9,12,15-16,23H,10-11H2,1-3H3/b9-8+. The Hall–Kier alpha value is -2.47. The Kier molecular flexibility index (Phi) is 4.99. The van der Waals surface area contributed by atoms with E-state index in [1.54, 1.807) is 10.8 Å². The Morgan fingerprint density at radius 1 is 1.32 bits per heavy atom. The van der Waals surface area contributed by atoms with Crippen LogP contribution >= 0.6 is 0 Å². The number of ether oxygens (including phenoxy) is 1. The van der Waals surface area contributed by atoms with E-state index in [1.807, 2.05) is 37.3 Å². The molecule has 132 valence electrons. The SMILES string of the molecule is Cc1ccc(-n2nnc(C(C)C)c2/C=C/C2CC(O)CC(=O)O2)cc1. The molecule has 3 rings (SSSR count). The minimum Gasteiger partial charge on any atom is -0.458 e. The minimum atomic E-state index is -0.652. The number of esters is 1. The number of carbonyl (C=O) groups is 1. The fourth-order valence-corrected chi connectivity index (χ4v) is 2.87. The van der Waals surface area contributed by atoms with Crippen LogP contribution in [0.2, 0.25) is 0 Å². The average molecular weight is 341 g/mol. The number of benzene rings is 1. The summed E-state index contributed by atoms with van der Waals surface area (Å²) >= 11 is 0. The maximum absolute atomic E-state index is 11.5. The van der Waals surface area contributed by atoms with Crippen molar-refractivity contribution in [2.24, 2.45) is 0 Å². The lowest BCUT2D eigenvalue weighted by Crippen LogP contribution is -2.31. The molecule has 6 heteroatoms. The number of cyclic esters (lactones) is 1. The monoisotopic (exact) mass is 341 g/mol. The number of hydrogen-bond donors (Lipinski definition) is 1. The molecule has 25 heavy (non-hydrogen) atoms. The van der Waals surface area contributed by atoms with Crippen molar-refractivity contribution in [3.05, 3.63) is 47.3 Å². The number of aliphatic hydroxyl groups is 1. The molecule has 2 heterocycles. The molecule has 1 aliphatic rings. The molecule has 0 spiro atoms. The third kappa shape index (κ3) is 3.96. The summed E-state index contributed by atoms with van der Waals surface area (Å²) in [6, 6.07) is 8.04. The molecule has 2 unspecified atom stereocenters. The van der Waals surface area contributed by atoms with E-state index in [2.05, 4.69) is 24.2 Å². The van der Waals surface area contributed by atoms with Gasteiger partial charge < -0.3 is 9.84 Å². The molecule has 1 N–H and O–H groups in total. The van der Waals surface area contributed by atoms with E-state index in [-0.39, 0.29) is 18.3 Å². The molecule has 2 aromatic rings. The summed E-state index contributed by atoms with van der Waals surface area (Å²) in [5, 5.41) is 18.3. The maximum Gasteiger partial charge on any atom is 0.309 e. The van der Waals surface area contributed by atoms with Crippen LogP contribution in [0.5, 0.6) is 0 Å². The number of nitrogens with zero attached hydrogens (tertiary/aromatic N) is 3. The Bertz CT molecular complexity index is 778. The van der Waals surface area contributed by atoms with Gasteiger partial charge >= 0.3 is 5.97 Å². The zero-order valence-electron chi connectivity index (χ0n) is 14.7. The van der Waals surface area contributed by atoms with E-state index >= 15 is 0 Å². The number of carbonyl (C=O) groups excluding carboxylic acids is 1. The fraction of sp³-hybridized carbons (Fsp3) is 0.421. The normalized spacial score (nSPS) is 21.1. The molecule has 0 bridgehead atoms. The van der Waals surface area contributed by atoms with Crippen molar-refractivity contribution < 1.29 is 14.6 Å². The van der Waals surface area contributed by atoms with Gasteiger partial charge in [-0.3, -0.25) is 4.79 Å². The van der Waals surface area contributed by atoms with Crippen LogP contribution in [0.3, 0.4) is 0 Å².